The third kappa shape index (κ3) is 3.11. The lowest BCUT2D eigenvalue weighted by molar-refractivity contribution is 0.290. The number of nitrogens with zero attached hydrogens (tertiary/aromatic N) is 2. The van der Waals surface area contributed by atoms with Crippen molar-refractivity contribution in [1.82, 2.24) is 4.98 Å². The molecule has 2 atom stereocenters. The summed E-state index contributed by atoms with van der Waals surface area (Å²) >= 11 is 0. The molecule has 4 nitrogen and oxygen atoms in total. The van der Waals surface area contributed by atoms with Crippen molar-refractivity contribution in [1.29, 1.82) is 0 Å². The van der Waals surface area contributed by atoms with Crippen LogP contribution in [0.5, 0.6) is 5.88 Å². The Labute approximate surface area is 115 Å². The molecule has 3 rings (SSSR count). The van der Waals surface area contributed by atoms with Crippen LogP contribution in [0.25, 0.3) is 0 Å². The van der Waals surface area contributed by atoms with Gasteiger partial charge in [-0.1, -0.05) is 6.92 Å². The minimum absolute atomic E-state index is 0.597. The zero-order chi connectivity index (χ0) is 13.4. The van der Waals surface area contributed by atoms with E-state index in [9.17, 15) is 0 Å². The number of hydrogen-bond acceptors (Lipinski definition) is 4. The van der Waals surface area contributed by atoms with Crippen molar-refractivity contribution < 1.29 is 4.74 Å². The smallest absolute Gasteiger partial charge is 0.239 e. The average molecular weight is 261 g/mol. The molecule has 0 aromatic carbocycles. The topological polar surface area (TPSA) is 51.4 Å². The average Bonchev–Trinajstić information content (AvgIpc) is 3.28. The van der Waals surface area contributed by atoms with E-state index >= 15 is 0 Å². The van der Waals surface area contributed by atoms with Gasteiger partial charge in [-0.05, 0) is 49.1 Å². The summed E-state index contributed by atoms with van der Waals surface area (Å²) in [5, 5.41) is 0. The minimum atomic E-state index is 0.597. The van der Waals surface area contributed by atoms with Gasteiger partial charge in [-0.2, -0.15) is 4.98 Å². The monoisotopic (exact) mass is 261 g/mol. The van der Waals surface area contributed by atoms with Gasteiger partial charge in [0, 0.05) is 13.6 Å². The van der Waals surface area contributed by atoms with Gasteiger partial charge in [0.25, 0.3) is 0 Å². The van der Waals surface area contributed by atoms with Gasteiger partial charge in [0.05, 0.1) is 12.3 Å². The third-order valence-electron chi connectivity index (χ3n) is 4.20. The van der Waals surface area contributed by atoms with Crippen LogP contribution >= 0.6 is 0 Å². The van der Waals surface area contributed by atoms with Crippen LogP contribution in [0, 0.1) is 17.8 Å². The number of nitrogen functional groups attached to an aromatic ring is 1. The number of anilines is 2. The van der Waals surface area contributed by atoms with Crippen LogP contribution in [-0.4, -0.2) is 25.2 Å². The number of aromatic nitrogens is 1. The summed E-state index contributed by atoms with van der Waals surface area (Å²) in [5.74, 6) is 3.95. The minimum Gasteiger partial charge on any atom is -0.476 e. The Hall–Kier alpha value is -1.45. The molecule has 2 aliphatic carbocycles. The highest BCUT2D eigenvalue weighted by atomic mass is 16.5. The fourth-order valence-corrected chi connectivity index (χ4v) is 2.35. The zero-order valence-corrected chi connectivity index (χ0v) is 11.8. The van der Waals surface area contributed by atoms with Gasteiger partial charge in [0.2, 0.25) is 5.88 Å². The molecule has 1 heterocycles. The Balaban J connectivity index is 1.64. The molecule has 2 aliphatic rings. The van der Waals surface area contributed by atoms with Crippen LogP contribution in [0.15, 0.2) is 12.1 Å². The molecule has 2 saturated carbocycles. The van der Waals surface area contributed by atoms with Crippen molar-refractivity contribution in [2.24, 2.45) is 17.8 Å². The van der Waals surface area contributed by atoms with E-state index in [0.717, 1.165) is 36.7 Å². The maximum atomic E-state index is 5.93. The number of rotatable bonds is 6. The lowest BCUT2D eigenvalue weighted by atomic mass is 10.3. The van der Waals surface area contributed by atoms with Gasteiger partial charge < -0.3 is 15.4 Å². The first-order valence-corrected chi connectivity index (χ1v) is 7.24. The summed E-state index contributed by atoms with van der Waals surface area (Å²) < 4.78 is 5.73. The van der Waals surface area contributed by atoms with E-state index in [0.29, 0.717) is 11.6 Å². The predicted octanol–water partition coefficient (Wildman–Crippen LogP) is 2.54. The van der Waals surface area contributed by atoms with E-state index in [-0.39, 0.29) is 0 Å². The molecule has 104 valence electrons. The Morgan fingerprint density at radius 3 is 2.79 bits per heavy atom. The van der Waals surface area contributed by atoms with Crippen LogP contribution < -0.4 is 15.4 Å². The summed E-state index contributed by atoms with van der Waals surface area (Å²) in [6.45, 7) is 4.13. The molecule has 19 heavy (non-hydrogen) atoms. The van der Waals surface area contributed by atoms with Crippen LogP contribution in [0.1, 0.15) is 26.2 Å². The van der Waals surface area contributed by atoms with E-state index in [4.69, 9.17) is 10.5 Å². The van der Waals surface area contributed by atoms with Gasteiger partial charge in [-0.15, -0.1) is 0 Å². The summed E-state index contributed by atoms with van der Waals surface area (Å²) in [7, 11) is 2.09. The van der Waals surface area contributed by atoms with Crippen LogP contribution in [0.4, 0.5) is 11.5 Å². The quantitative estimate of drug-likeness (QED) is 0.855. The second-order valence-electron chi connectivity index (χ2n) is 6.17. The third-order valence-corrected chi connectivity index (χ3v) is 4.20. The molecule has 1 aromatic heterocycles. The number of pyridine rings is 1. The SMILES string of the molecule is CC1CC1CN(C)c1ccc(N)c(OCC2CC2)n1. The molecule has 0 saturated heterocycles. The Morgan fingerprint density at radius 2 is 2.16 bits per heavy atom. The summed E-state index contributed by atoms with van der Waals surface area (Å²) in [6.07, 6.45) is 3.89. The van der Waals surface area contributed by atoms with Crippen molar-refractivity contribution in [3.63, 3.8) is 0 Å². The van der Waals surface area contributed by atoms with E-state index in [1.54, 1.807) is 0 Å². The van der Waals surface area contributed by atoms with Crippen LogP contribution in [0.3, 0.4) is 0 Å². The molecular weight excluding hydrogens is 238 g/mol. The number of hydrogen-bond donors (Lipinski definition) is 1. The Bertz CT molecular complexity index is 459. The molecule has 0 spiro atoms. The Morgan fingerprint density at radius 1 is 1.42 bits per heavy atom. The van der Waals surface area contributed by atoms with Crippen molar-refractivity contribution in [2.75, 3.05) is 30.8 Å². The number of nitrogens with two attached hydrogens (primary N) is 1. The number of ether oxygens (including phenoxy) is 1. The lowest BCUT2D eigenvalue weighted by Gasteiger charge is -2.19. The summed E-state index contributed by atoms with van der Waals surface area (Å²) in [5.41, 5.74) is 6.56. The van der Waals surface area contributed by atoms with Crippen LogP contribution in [-0.2, 0) is 0 Å². The maximum Gasteiger partial charge on any atom is 0.239 e. The lowest BCUT2D eigenvalue weighted by Crippen LogP contribution is -2.22. The van der Waals surface area contributed by atoms with E-state index in [2.05, 4.69) is 23.9 Å². The predicted molar refractivity (Wildman–Crippen MR) is 77.4 cm³/mol. The van der Waals surface area contributed by atoms with Gasteiger partial charge in [0.1, 0.15) is 5.82 Å². The standard InChI is InChI=1S/C15H23N3O/c1-10-7-12(10)8-18(2)14-6-5-13(16)15(17-14)19-9-11-3-4-11/h5-6,10-12H,3-4,7-9,16H2,1-2H3. The van der Waals surface area contributed by atoms with E-state index < -0.39 is 0 Å². The highest BCUT2D eigenvalue weighted by molar-refractivity contribution is 5.54. The molecule has 0 radical (unpaired) electrons. The Kier molecular flexibility index (Phi) is 3.25. The van der Waals surface area contributed by atoms with E-state index in [1.807, 2.05) is 12.1 Å². The summed E-state index contributed by atoms with van der Waals surface area (Å²) in [6, 6.07) is 3.88. The molecule has 2 unspecified atom stereocenters. The normalized spacial score (nSPS) is 25.2. The van der Waals surface area contributed by atoms with Crippen LogP contribution in [0.2, 0.25) is 0 Å². The van der Waals surface area contributed by atoms with Crippen molar-refractivity contribution in [3.05, 3.63) is 12.1 Å². The van der Waals surface area contributed by atoms with Crippen molar-refractivity contribution >= 4 is 11.5 Å². The molecule has 0 aliphatic heterocycles. The fourth-order valence-electron chi connectivity index (χ4n) is 2.35. The molecular formula is C15H23N3O. The summed E-state index contributed by atoms with van der Waals surface area (Å²) in [4.78, 5) is 6.76. The molecule has 1 aromatic rings. The molecule has 2 N–H and O–H groups in total. The first-order valence-electron chi connectivity index (χ1n) is 7.24. The second kappa shape index (κ2) is 4.91. The van der Waals surface area contributed by atoms with Crippen molar-refractivity contribution in [3.8, 4) is 5.88 Å². The molecule has 0 amide bonds. The van der Waals surface area contributed by atoms with Gasteiger partial charge >= 0.3 is 0 Å². The molecule has 4 heteroatoms. The van der Waals surface area contributed by atoms with Gasteiger partial charge in [-0.3, -0.25) is 0 Å². The second-order valence-corrected chi connectivity index (χ2v) is 6.17. The van der Waals surface area contributed by atoms with Gasteiger partial charge in [-0.25, -0.2) is 0 Å². The maximum absolute atomic E-state index is 5.93. The van der Waals surface area contributed by atoms with E-state index in [1.165, 1.54) is 19.3 Å². The highest BCUT2D eigenvalue weighted by Crippen LogP contribution is 2.38. The fraction of sp³-hybridized carbons (Fsp3) is 0.667. The molecule has 0 bridgehead atoms. The zero-order valence-electron chi connectivity index (χ0n) is 11.8. The largest absolute Gasteiger partial charge is 0.476 e. The first kappa shape index (κ1) is 12.6. The first-order chi connectivity index (χ1) is 9.13. The van der Waals surface area contributed by atoms with Gasteiger partial charge in [0.15, 0.2) is 0 Å². The molecule has 2 fully saturated rings. The highest BCUT2D eigenvalue weighted by Gasteiger charge is 2.33. The van der Waals surface area contributed by atoms with Crippen molar-refractivity contribution in [2.45, 2.75) is 26.2 Å².